The SMILES string of the molecule is O=S(=O)(c1ccc(Cl)s1)N1CCN(C(=S)NCCN2CCOCC2)CC1. The molecule has 0 radical (unpaired) electrons. The van der Waals surface area contributed by atoms with Gasteiger partial charge >= 0.3 is 0 Å². The first kappa shape index (κ1) is 20.2. The number of hydrogen-bond donors (Lipinski definition) is 1. The van der Waals surface area contributed by atoms with Crippen LogP contribution < -0.4 is 5.32 Å². The number of thiophene rings is 1. The molecule has 0 saturated carbocycles. The molecule has 2 fully saturated rings. The van der Waals surface area contributed by atoms with E-state index in [-0.39, 0.29) is 0 Å². The van der Waals surface area contributed by atoms with Crippen molar-refractivity contribution in [1.29, 1.82) is 0 Å². The molecule has 0 bridgehead atoms. The van der Waals surface area contributed by atoms with Crippen LogP contribution in [0.2, 0.25) is 4.34 Å². The average molecular weight is 439 g/mol. The van der Waals surface area contributed by atoms with Crippen LogP contribution in [0.15, 0.2) is 16.3 Å². The Morgan fingerprint density at radius 3 is 2.50 bits per heavy atom. The normalized spacial score (nSPS) is 20.3. The Kier molecular flexibility index (Phi) is 7.11. The molecular formula is C15H23ClN4O3S3. The van der Waals surface area contributed by atoms with Gasteiger partial charge in [-0.1, -0.05) is 11.6 Å². The Morgan fingerprint density at radius 2 is 1.88 bits per heavy atom. The van der Waals surface area contributed by atoms with Crippen molar-refractivity contribution in [1.82, 2.24) is 19.4 Å². The fourth-order valence-electron chi connectivity index (χ4n) is 2.95. The third-order valence-corrected chi connectivity index (χ3v) is 8.48. The van der Waals surface area contributed by atoms with E-state index in [0.717, 1.165) is 50.7 Å². The molecular weight excluding hydrogens is 416 g/mol. The number of piperazine rings is 1. The van der Waals surface area contributed by atoms with Crippen LogP contribution in [-0.4, -0.2) is 93.2 Å². The predicted octanol–water partition coefficient (Wildman–Crippen LogP) is 0.915. The lowest BCUT2D eigenvalue weighted by Gasteiger charge is -2.35. The highest BCUT2D eigenvalue weighted by Crippen LogP contribution is 2.28. The van der Waals surface area contributed by atoms with Crippen LogP contribution in [0.4, 0.5) is 0 Å². The summed E-state index contributed by atoms with van der Waals surface area (Å²) in [6, 6.07) is 3.18. The molecule has 2 aliphatic heterocycles. The third kappa shape index (κ3) is 5.06. The molecule has 0 amide bonds. The zero-order chi connectivity index (χ0) is 18.6. The summed E-state index contributed by atoms with van der Waals surface area (Å²) in [5, 5.41) is 3.97. The first-order chi connectivity index (χ1) is 12.5. The first-order valence-corrected chi connectivity index (χ1v) is 11.6. The highest BCUT2D eigenvalue weighted by atomic mass is 35.5. The zero-order valence-corrected chi connectivity index (χ0v) is 17.6. The van der Waals surface area contributed by atoms with E-state index in [0.29, 0.717) is 39.8 Å². The predicted molar refractivity (Wildman–Crippen MR) is 108 cm³/mol. The smallest absolute Gasteiger partial charge is 0.252 e. The van der Waals surface area contributed by atoms with E-state index in [4.69, 9.17) is 28.6 Å². The zero-order valence-electron chi connectivity index (χ0n) is 14.4. The Morgan fingerprint density at radius 1 is 1.19 bits per heavy atom. The summed E-state index contributed by atoms with van der Waals surface area (Å²) in [5.74, 6) is 0. The van der Waals surface area contributed by atoms with Gasteiger partial charge < -0.3 is 15.0 Å². The van der Waals surface area contributed by atoms with Crippen molar-refractivity contribution in [2.24, 2.45) is 0 Å². The van der Waals surface area contributed by atoms with Crippen molar-refractivity contribution in [3.05, 3.63) is 16.5 Å². The Labute approximate surface area is 168 Å². The minimum atomic E-state index is -3.46. The second-order valence-corrected chi connectivity index (χ2v) is 10.4. The molecule has 0 unspecified atom stereocenters. The minimum Gasteiger partial charge on any atom is -0.379 e. The number of morpholine rings is 1. The monoisotopic (exact) mass is 438 g/mol. The number of nitrogens with zero attached hydrogens (tertiary/aromatic N) is 3. The van der Waals surface area contributed by atoms with Gasteiger partial charge in [0, 0.05) is 52.4 Å². The highest BCUT2D eigenvalue weighted by Gasteiger charge is 2.30. The Bertz CT molecular complexity index is 713. The molecule has 1 aromatic rings. The summed E-state index contributed by atoms with van der Waals surface area (Å²) in [4.78, 5) is 4.37. The maximum atomic E-state index is 12.6. The van der Waals surface area contributed by atoms with E-state index in [2.05, 4.69) is 10.2 Å². The molecule has 146 valence electrons. The Balaban J connectivity index is 1.43. The number of sulfonamides is 1. The van der Waals surface area contributed by atoms with Crippen LogP contribution in [-0.2, 0) is 14.8 Å². The largest absolute Gasteiger partial charge is 0.379 e. The number of hydrogen-bond acceptors (Lipinski definition) is 6. The van der Waals surface area contributed by atoms with Gasteiger partial charge in [-0.2, -0.15) is 4.31 Å². The van der Waals surface area contributed by atoms with Gasteiger partial charge in [0.15, 0.2) is 5.11 Å². The maximum absolute atomic E-state index is 12.6. The first-order valence-electron chi connectivity index (χ1n) is 8.55. The van der Waals surface area contributed by atoms with Crippen molar-refractivity contribution < 1.29 is 13.2 Å². The van der Waals surface area contributed by atoms with Gasteiger partial charge in [0.2, 0.25) is 0 Å². The van der Waals surface area contributed by atoms with E-state index in [1.807, 2.05) is 4.90 Å². The molecule has 1 aromatic heterocycles. The number of nitrogens with one attached hydrogen (secondary N) is 1. The molecule has 7 nitrogen and oxygen atoms in total. The molecule has 0 atom stereocenters. The Hall–Kier alpha value is -0.490. The third-order valence-electron chi connectivity index (χ3n) is 4.48. The second kappa shape index (κ2) is 9.13. The van der Waals surface area contributed by atoms with Crippen molar-refractivity contribution >= 4 is 50.3 Å². The van der Waals surface area contributed by atoms with Gasteiger partial charge in [-0.25, -0.2) is 8.42 Å². The van der Waals surface area contributed by atoms with Gasteiger partial charge in [-0.05, 0) is 24.4 Å². The maximum Gasteiger partial charge on any atom is 0.252 e. The summed E-state index contributed by atoms with van der Waals surface area (Å²) < 4.78 is 32.9. The van der Waals surface area contributed by atoms with E-state index in [9.17, 15) is 8.42 Å². The van der Waals surface area contributed by atoms with Gasteiger partial charge in [0.25, 0.3) is 10.0 Å². The molecule has 2 saturated heterocycles. The lowest BCUT2D eigenvalue weighted by atomic mass is 10.4. The fourth-order valence-corrected chi connectivity index (χ4v) is 6.30. The van der Waals surface area contributed by atoms with E-state index < -0.39 is 10.0 Å². The van der Waals surface area contributed by atoms with Crippen LogP contribution in [0, 0.1) is 0 Å². The van der Waals surface area contributed by atoms with Crippen molar-refractivity contribution in [3.63, 3.8) is 0 Å². The van der Waals surface area contributed by atoms with Crippen LogP contribution in [0.25, 0.3) is 0 Å². The van der Waals surface area contributed by atoms with Crippen LogP contribution in [0.3, 0.4) is 0 Å². The average Bonchev–Trinajstić information content (AvgIpc) is 3.10. The lowest BCUT2D eigenvalue weighted by molar-refractivity contribution is 0.0388. The summed E-state index contributed by atoms with van der Waals surface area (Å²) in [6.45, 7) is 7.21. The minimum absolute atomic E-state index is 0.294. The number of ether oxygens (including phenoxy) is 1. The molecule has 3 heterocycles. The quantitative estimate of drug-likeness (QED) is 0.685. The van der Waals surface area contributed by atoms with E-state index in [1.54, 1.807) is 12.1 Å². The molecule has 0 spiro atoms. The molecule has 3 rings (SSSR count). The van der Waals surface area contributed by atoms with Crippen LogP contribution >= 0.6 is 35.2 Å². The second-order valence-electron chi connectivity index (χ2n) is 6.14. The molecule has 11 heteroatoms. The molecule has 0 aliphatic carbocycles. The highest BCUT2D eigenvalue weighted by molar-refractivity contribution is 7.91. The summed E-state index contributed by atoms with van der Waals surface area (Å²) in [5.41, 5.74) is 0. The van der Waals surface area contributed by atoms with Crippen molar-refractivity contribution in [2.75, 3.05) is 65.6 Å². The topological polar surface area (TPSA) is 65.1 Å². The number of halogens is 1. The summed E-state index contributed by atoms with van der Waals surface area (Å²) in [6.07, 6.45) is 0. The number of thiocarbonyl (C=S) groups is 1. The molecule has 26 heavy (non-hydrogen) atoms. The number of rotatable bonds is 5. The van der Waals surface area contributed by atoms with Crippen LogP contribution in [0.5, 0.6) is 0 Å². The van der Waals surface area contributed by atoms with E-state index >= 15 is 0 Å². The van der Waals surface area contributed by atoms with Crippen molar-refractivity contribution in [3.8, 4) is 0 Å². The summed E-state index contributed by atoms with van der Waals surface area (Å²) in [7, 11) is -3.46. The summed E-state index contributed by atoms with van der Waals surface area (Å²) >= 11 is 12.4. The van der Waals surface area contributed by atoms with Gasteiger partial charge in [0.05, 0.1) is 17.6 Å². The van der Waals surface area contributed by atoms with Gasteiger partial charge in [-0.3, -0.25) is 4.90 Å². The van der Waals surface area contributed by atoms with Crippen LogP contribution in [0.1, 0.15) is 0 Å². The van der Waals surface area contributed by atoms with E-state index in [1.165, 1.54) is 4.31 Å². The molecule has 2 aliphatic rings. The van der Waals surface area contributed by atoms with Crippen molar-refractivity contribution in [2.45, 2.75) is 4.21 Å². The standard InChI is InChI=1S/C15H23ClN4O3S3/c16-13-1-2-14(25-13)26(21,22)20-7-5-19(6-8-20)15(24)17-3-4-18-9-11-23-12-10-18/h1-2H,3-12H2,(H,17,24). The fraction of sp³-hybridized carbons (Fsp3) is 0.667. The van der Waals surface area contributed by atoms with Gasteiger partial charge in [0.1, 0.15) is 4.21 Å². The van der Waals surface area contributed by atoms with Gasteiger partial charge in [-0.15, -0.1) is 11.3 Å². The molecule has 1 N–H and O–H groups in total. The molecule has 0 aromatic carbocycles. The lowest BCUT2D eigenvalue weighted by Crippen LogP contribution is -2.53.